The van der Waals surface area contributed by atoms with Crippen molar-refractivity contribution >= 4 is 5.78 Å². The van der Waals surface area contributed by atoms with Gasteiger partial charge in [0, 0.05) is 31.5 Å². The maximum Gasteiger partial charge on any atom is 0.137 e. The molecule has 1 aliphatic carbocycles. The molecular formula is C16H27NO2. The first kappa shape index (κ1) is 13.6. The fraction of sp³-hybridized carbons (Fsp3) is 0.938. The van der Waals surface area contributed by atoms with E-state index in [2.05, 4.69) is 4.90 Å². The lowest BCUT2D eigenvalue weighted by atomic mass is 9.81. The molecule has 3 atom stereocenters. The van der Waals surface area contributed by atoms with Crippen molar-refractivity contribution in [3.05, 3.63) is 0 Å². The van der Waals surface area contributed by atoms with Crippen LogP contribution in [0.25, 0.3) is 0 Å². The molecule has 1 saturated carbocycles. The first-order valence-electron chi connectivity index (χ1n) is 8.23. The third-order valence-corrected chi connectivity index (χ3v) is 5.19. The Hall–Kier alpha value is -0.410. The first-order valence-corrected chi connectivity index (χ1v) is 8.23. The second-order valence-corrected chi connectivity index (χ2v) is 6.51. The largest absolute Gasteiger partial charge is 0.377 e. The second kappa shape index (κ2) is 6.36. The molecule has 108 valence electrons. The van der Waals surface area contributed by atoms with Gasteiger partial charge in [-0.3, -0.25) is 9.69 Å². The summed E-state index contributed by atoms with van der Waals surface area (Å²) in [5.41, 5.74) is 0. The quantitative estimate of drug-likeness (QED) is 0.786. The van der Waals surface area contributed by atoms with Gasteiger partial charge in [0.1, 0.15) is 5.78 Å². The summed E-state index contributed by atoms with van der Waals surface area (Å²) >= 11 is 0. The van der Waals surface area contributed by atoms with Crippen LogP contribution in [0.15, 0.2) is 0 Å². The van der Waals surface area contributed by atoms with Gasteiger partial charge >= 0.3 is 0 Å². The average Bonchev–Trinajstić information content (AvgIpc) is 2.88. The van der Waals surface area contributed by atoms with E-state index in [1.807, 2.05) is 0 Å². The summed E-state index contributed by atoms with van der Waals surface area (Å²) in [6.07, 6.45) is 11.0. The van der Waals surface area contributed by atoms with Crippen LogP contribution >= 0.6 is 0 Å². The van der Waals surface area contributed by atoms with Crippen LogP contribution in [0.5, 0.6) is 0 Å². The number of rotatable bonds is 3. The van der Waals surface area contributed by atoms with Crippen molar-refractivity contribution in [2.24, 2.45) is 5.92 Å². The molecule has 3 fully saturated rings. The summed E-state index contributed by atoms with van der Waals surface area (Å²) in [6, 6.07) is 0.526. The third kappa shape index (κ3) is 3.19. The highest BCUT2D eigenvalue weighted by molar-refractivity contribution is 5.82. The Morgan fingerprint density at radius 3 is 2.74 bits per heavy atom. The van der Waals surface area contributed by atoms with Gasteiger partial charge < -0.3 is 4.74 Å². The van der Waals surface area contributed by atoms with Gasteiger partial charge in [0.25, 0.3) is 0 Å². The Balaban J connectivity index is 1.58. The number of Topliss-reactive ketones (excluding diaryl/α,β-unsaturated/α-hetero) is 1. The zero-order chi connectivity index (χ0) is 13.1. The lowest BCUT2D eigenvalue weighted by Gasteiger charge is -2.35. The van der Waals surface area contributed by atoms with Gasteiger partial charge in [0.05, 0.1) is 6.10 Å². The summed E-state index contributed by atoms with van der Waals surface area (Å²) in [7, 11) is 0. The van der Waals surface area contributed by atoms with Crippen molar-refractivity contribution in [1.29, 1.82) is 0 Å². The summed E-state index contributed by atoms with van der Waals surface area (Å²) in [4.78, 5) is 14.7. The summed E-state index contributed by atoms with van der Waals surface area (Å²) in [5, 5.41) is 0. The van der Waals surface area contributed by atoms with Crippen LogP contribution in [0.3, 0.4) is 0 Å². The summed E-state index contributed by atoms with van der Waals surface area (Å²) < 4.78 is 5.88. The molecule has 3 unspecified atom stereocenters. The minimum Gasteiger partial charge on any atom is -0.377 e. The van der Waals surface area contributed by atoms with E-state index in [1.165, 1.54) is 45.1 Å². The smallest absolute Gasteiger partial charge is 0.137 e. The molecular weight excluding hydrogens is 238 g/mol. The highest BCUT2D eigenvalue weighted by atomic mass is 16.5. The van der Waals surface area contributed by atoms with Gasteiger partial charge in [-0.1, -0.05) is 6.42 Å². The molecule has 3 heteroatoms. The van der Waals surface area contributed by atoms with E-state index in [0.717, 1.165) is 32.4 Å². The number of ether oxygens (including phenoxy) is 1. The standard InChI is InChI=1S/C16H27NO2/c18-16-9-2-1-7-14(16)15-8-5-10-17(15)12-13-6-3-4-11-19-13/h13-15H,1-12H2. The van der Waals surface area contributed by atoms with Gasteiger partial charge in [-0.25, -0.2) is 0 Å². The molecule has 0 bridgehead atoms. The molecule has 0 aromatic carbocycles. The SMILES string of the molecule is O=C1CCCCC1C1CCCN1CC1CCCCO1. The average molecular weight is 265 g/mol. The number of carbonyl (C=O) groups is 1. The highest BCUT2D eigenvalue weighted by Crippen LogP contribution is 2.33. The molecule has 0 spiro atoms. The zero-order valence-corrected chi connectivity index (χ0v) is 12.0. The molecule has 2 heterocycles. The number of hydrogen-bond donors (Lipinski definition) is 0. The van der Waals surface area contributed by atoms with E-state index < -0.39 is 0 Å². The first-order chi connectivity index (χ1) is 9.34. The normalized spacial score (nSPS) is 37.7. The minimum atomic E-state index is 0.333. The van der Waals surface area contributed by atoms with Crippen molar-refractivity contribution in [3.8, 4) is 0 Å². The molecule has 3 aliphatic rings. The van der Waals surface area contributed by atoms with E-state index in [0.29, 0.717) is 23.8 Å². The Bertz CT molecular complexity index is 312. The maximum atomic E-state index is 12.2. The van der Waals surface area contributed by atoms with E-state index in [-0.39, 0.29) is 0 Å². The topological polar surface area (TPSA) is 29.5 Å². The van der Waals surface area contributed by atoms with Crippen LogP contribution in [0, 0.1) is 5.92 Å². The Kier molecular flexibility index (Phi) is 4.54. The van der Waals surface area contributed by atoms with E-state index in [9.17, 15) is 4.79 Å². The van der Waals surface area contributed by atoms with Crippen molar-refractivity contribution in [2.75, 3.05) is 19.7 Å². The summed E-state index contributed by atoms with van der Waals surface area (Å²) in [5.74, 6) is 0.868. The van der Waals surface area contributed by atoms with E-state index >= 15 is 0 Å². The molecule has 0 aromatic rings. The van der Waals surface area contributed by atoms with E-state index in [1.54, 1.807) is 0 Å². The monoisotopic (exact) mass is 265 g/mol. The molecule has 19 heavy (non-hydrogen) atoms. The van der Waals surface area contributed by atoms with Gasteiger partial charge in [0.2, 0.25) is 0 Å². The minimum absolute atomic E-state index is 0.333. The van der Waals surface area contributed by atoms with Crippen molar-refractivity contribution in [3.63, 3.8) is 0 Å². The van der Waals surface area contributed by atoms with E-state index in [4.69, 9.17) is 4.74 Å². The van der Waals surface area contributed by atoms with Gasteiger partial charge in [-0.05, 0) is 51.5 Å². The molecule has 3 rings (SSSR count). The highest BCUT2D eigenvalue weighted by Gasteiger charge is 2.37. The van der Waals surface area contributed by atoms with Gasteiger partial charge in [-0.15, -0.1) is 0 Å². The fourth-order valence-corrected chi connectivity index (χ4v) is 4.16. The molecule has 0 aromatic heterocycles. The molecule has 3 nitrogen and oxygen atoms in total. The third-order valence-electron chi connectivity index (χ3n) is 5.19. The molecule has 0 N–H and O–H groups in total. The second-order valence-electron chi connectivity index (χ2n) is 6.51. The van der Waals surface area contributed by atoms with Crippen LogP contribution in [-0.2, 0) is 9.53 Å². The predicted molar refractivity (Wildman–Crippen MR) is 75.2 cm³/mol. The van der Waals surface area contributed by atoms with Gasteiger partial charge in [-0.2, -0.15) is 0 Å². The Morgan fingerprint density at radius 1 is 1.05 bits per heavy atom. The lowest BCUT2D eigenvalue weighted by Crippen LogP contribution is -2.44. The lowest BCUT2D eigenvalue weighted by molar-refractivity contribution is -0.127. The summed E-state index contributed by atoms with van der Waals surface area (Å²) in [6.45, 7) is 3.17. The van der Waals surface area contributed by atoms with Crippen LogP contribution in [0.1, 0.15) is 57.8 Å². The van der Waals surface area contributed by atoms with Gasteiger partial charge in [0.15, 0.2) is 0 Å². The molecule has 0 amide bonds. The van der Waals surface area contributed by atoms with Crippen LogP contribution in [0.4, 0.5) is 0 Å². The van der Waals surface area contributed by atoms with Crippen molar-refractivity contribution in [1.82, 2.24) is 4.90 Å². The number of hydrogen-bond acceptors (Lipinski definition) is 3. The Labute approximate surface area is 116 Å². The van der Waals surface area contributed by atoms with Crippen molar-refractivity contribution < 1.29 is 9.53 Å². The fourth-order valence-electron chi connectivity index (χ4n) is 4.16. The van der Waals surface area contributed by atoms with Crippen LogP contribution in [-0.4, -0.2) is 42.5 Å². The molecule has 0 radical (unpaired) electrons. The van der Waals surface area contributed by atoms with Crippen LogP contribution < -0.4 is 0 Å². The Morgan fingerprint density at radius 2 is 1.95 bits per heavy atom. The maximum absolute atomic E-state index is 12.2. The number of carbonyl (C=O) groups excluding carboxylic acids is 1. The number of likely N-dealkylation sites (tertiary alicyclic amines) is 1. The number of nitrogens with zero attached hydrogens (tertiary/aromatic N) is 1. The molecule has 2 aliphatic heterocycles. The molecule has 2 saturated heterocycles. The zero-order valence-electron chi connectivity index (χ0n) is 12.0. The van der Waals surface area contributed by atoms with Crippen LogP contribution in [0.2, 0.25) is 0 Å². The predicted octanol–water partition coefficient (Wildman–Crippen LogP) is 2.78. The van der Waals surface area contributed by atoms with Crippen molar-refractivity contribution in [2.45, 2.75) is 69.9 Å². The number of ketones is 1.